The second-order valence-electron chi connectivity index (χ2n) is 4.10. The Balaban J connectivity index is 2.71. The molecule has 1 aromatic carbocycles. The summed E-state index contributed by atoms with van der Waals surface area (Å²) in [6.07, 6.45) is 0.526. The molecule has 1 aromatic rings. The number of nitrogens with one attached hydrogen (secondary N) is 1. The third-order valence-electron chi connectivity index (χ3n) is 2.76. The molecule has 1 unspecified atom stereocenters. The van der Waals surface area contributed by atoms with Crippen LogP contribution in [0.25, 0.3) is 0 Å². The number of hydrogen-bond donors (Lipinski definition) is 1. The highest BCUT2D eigenvalue weighted by Gasteiger charge is 2.20. The number of halogens is 1. The molecule has 0 saturated carbocycles. The lowest BCUT2D eigenvalue weighted by Gasteiger charge is -2.16. The van der Waals surface area contributed by atoms with E-state index in [4.69, 9.17) is 0 Å². The highest BCUT2D eigenvalue weighted by molar-refractivity contribution is 6.00. The van der Waals surface area contributed by atoms with Crippen molar-refractivity contribution in [3.8, 4) is 0 Å². The number of carbonyl (C=O) groups is 2. The van der Waals surface area contributed by atoms with Crippen LogP contribution in [0.15, 0.2) is 24.3 Å². The first-order chi connectivity index (χ1) is 9.08. The number of likely N-dealkylation sites (N-methyl/N-ethyl adjacent to an activating group) is 1. The van der Waals surface area contributed by atoms with Gasteiger partial charge in [0, 0.05) is 12.0 Å². The molecule has 0 aliphatic rings. The smallest absolute Gasteiger partial charge is 0.305 e. The Morgan fingerprint density at radius 3 is 2.47 bits per heavy atom. The topological polar surface area (TPSA) is 55.4 Å². The molecule has 0 heterocycles. The Labute approximate surface area is 112 Å². The van der Waals surface area contributed by atoms with Crippen LogP contribution in [0, 0.1) is 5.82 Å². The Bertz CT molecular complexity index is 431. The monoisotopic (exact) mass is 267 g/mol. The van der Waals surface area contributed by atoms with Crippen molar-refractivity contribution < 1.29 is 18.7 Å². The van der Waals surface area contributed by atoms with Crippen LogP contribution in [0.4, 0.5) is 4.39 Å². The van der Waals surface area contributed by atoms with Gasteiger partial charge in [-0.1, -0.05) is 6.92 Å². The lowest BCUT2D eigenvalue weighted by Crippen LogP contribution is -2.37. The van der Waals surface area contributed by atoms with Gasteiger partial charge >= 0.3 is 5.97 Å². The molecule has 0 amide bonds. The van der Waals surface area contributed by atoms with Crippen LogP contribution >= 0.6 is 0 Å². The quantitative estimate of drug-likeness (QED) is 0.606. The maximum atomic E-state index is 12.8. The number of hydrogen-bond acceptors (Lipinski definition) is 4. The van der Waals surface area contributed by atoms with Crippen LogP contribution in [-0.2, 0) is 9.53 Å². The molecule has 0 bridgehead atoms. The van der Waals surface area contributed by atoms with Crippen molar-refractivity contribution in [3.05, 3.63) is 35.6 Å². The van der Waals surface area contributed by atoms with Gasteiger partial charge in [0.15, 0.2) is 5.78 Å². The summed E-state index contributed by atoms with van der Waals surface area (Å²) in [6, 6.07) is 4.92. The van der Waals surface area contributed by atoms with E-state index in [1.54, 1.807) is 0 Å². The van der Waals surface area contributed by atoms with E-state index in [1.807, 2.05) is 6.92 Å². The van der Waals surface area contributed by atoms with Gasteiger partial charge in [0.2, 0.25) is 0 Å². The first kappa shape index (κ1) is 15.3. The van der Waals surface area contributed by atoms with E-state index in [-0.39, 0.29) is 24.0 Å². The molecule has 0 radical (unpaired) electrons. The molecule has 1 atom stereocenters. The average Bonchev–Trinajstić information content (AvgIpc) is 2.43. The van der Waals surface area contributed by atoms with Gasteiger partial charge in [-0.05, 0) is 37.2 Å². The number of methoxy groups -OCH3 is 1. The summed E-state index contributed by atoms with van der Waals surface area (Å²) in [5.74, 6) is -0.883. The number of esters is 1. The summed E-state index contributed by atoms with van der Waals surface area (Å²) in [4.78, 5) is 23.3. The summed E-state index contributed by atoms with van der Waals surface area (Å²) in [5, 5.41) is 3.02. The molecule has 4 nitrogen and oxygen atoms in total. The SMILES string of the molecule is CCNC(CCC(=O)OC)C(=O)c1ccc(F)cc1. The van der Waals surface area contributed by atoms with Crippen molar-refractivity contribution in [1.29, 1.82) is 0 Å². The summed E-state index contributed by atoms with van der Waals surface area (Å²) in [5.41, 5.74) is 0.428. The first-order valence-corrected chi connectivity index (χ1v) is 6.18. The van der Waals surface area contributed by atoms with Gasteiger partial charge in [0.1, 0.15) is 5.82 Å². The summed E-state index contributed by atoms with van der Waals surface area (Å²) in [7, 11) is 1.31. The van der Waals surface area contributed by atoms with Gasteiger partial charge in [-0.2, -0.15) is 0 Å². The first-order valence-electron chi connectivity index (χ1n) is 6.18. The predicted molar refractivity (Wildman–Crippen MR) is 69.4 cm³/mol. The minimum atomic E-state index is -0.463. The van der Waals surface area contributed by atoms with E-state index in [1.165, 1.54) is 31.4 Å². The van der Waals surface area contributed by atoms with Crippen molar-refractivity contribution in [1.82, 2.24) is 5.32 Å². The van der Waals surface area contributed by atoms with Crippen molar-refractivity contribution in [3.63, 3.8) is 0 Å². The largest absolute Gasteiger partial charge is 0.469 e. The fourth-order valence-corrected chi connectivity index (χ4v) is 1.75. The Kier molecular flexibility index (Phi) is 6.15. The van der Waals surface area contributed by atoms with Crippen LogP contribution in [0.1, 0.15) is 30.1 Å². The molecule has 5 heteroatoms. The van der Waals surface area contributed by atoms with E-state index in [0.717, 1.165) is 0 Å². The molecule has 104 valence electrons. The van der Waals surface area contributed by atoms with Crippen LogP contribution in [0.2, 0.25) is 0 Å². The van der Waals surface area contributed by atoms with E-state index >= 15 is 0 Å². The van der Waals surface area contributed by atoms with Gasteiger partial charge in [0.25, 0.3) is 0 Å². The minimum absolute atomic E-state index is 0.147. The number of carbonyl (C=O) groups excluding carboxylic acids is 2. The van der Waals surface area contributed by atoms with Crippen molar-refractivity contribution in [2.75, 3.05) is 13.7 Å². The highest BCUT2D eigenvalue weighted by atomic mass is 19.1. The Morgan fingerprint density at radius 2 is 1.95 bits per heavy atom. The van der Waals surface area contributed by atoms with Gasteiger partial charge < -0.3 is 10.1 Å². The Morgan fingerprint density at radius 1 is 1.32 bits per heavy atom. The lowest BCUT2D eigenvalue weighted by atomic mass is 10.00. The zero-order valence-corrected chi connectivity index (χ0v) is 11.1. The third-order valence-corrected chi connectivity index (χ3v) is 2.76. The molecular formula is C14H18FNO3. The molecule has 1 rings (SSSR count). The second-order valence-corrected chi connectivity index (χ2v) is 4.10. The number of benzene rings is 1. The molecule has 0 aliphatic carbocycles. The van der Waals surface area contributed by atoms with Crippen LogP contribution in [0.5, 0.6) is 0 Å². The summed E-state index contributed by atoms with van der Waals surface area (Å²) < 4.78 is 17.4. The van der Waals surface area contributed by atoms with Crippen molar-refractivity contribution in [2.24, 2.45) is 0 Å². The van der Waals surface area contributed by atoms with Crippen molar-refractivity contribution >= 4 is 11.8 Å². The van der Waals surface area contributed by atoms with E-state index in [9.17, 15) is 14.0 Å². The minimum Gasteiger partial charge on any atom is -0.469 e. The maximum Gasteiger partial charge on any atom is 0.305 e. The van der Waals surface area contributed by atoms with Gasteiger partial charge in [-0.25, -0.2) is 4.39 Å². The molecule has 0 fully saturated rings. The predicted octanol–water partition coefficient (Wildman–Crippen LogP) is 1.94. The normalized spacial score (nSPS) is 11.9. The highest BCUT2D eigenvalue weighted by Crippen LogP contribution is 2.10. The molecule has 19 heavy (non-hydrogen) atoms. The summed E-state index contributed by atoms with van der Waals surface area (Å²) >= 11 is 0. The zero-order chi connectivity index (χ0) is 14.3. The number of ketones is 1. The number of ether oxygens (including phenoxy) is 1. The van der Waals surface area contributed by atoms with Crippen LogP contribution in [0.3, 0.4) is 0 Å². The standard InChI is InChI=1S/C14H18FNO3/c1-3-16-12(8-9-13(17)19-2)14(18)10-4-6-11(15)7-5-10/h4-7,12,16H,3,8-9H2,1-2H3. The third kappa shape index (κ3) is 4.79. The number of Topliss-reactive ketones (excluding diaryl/α,β-unsaturated/α-hetero) is 1. The van der Waals surface area contributed by atoms with Gasteiger partial charge in [-0.3, -0.25) is 9.59 Å². The van der Waals surface area contributed by atoms with E-state index in [2.05, 4.69) is 10.1 Å². The van der Waals surface area contributed by atoms with Crippen LogP contribution in [-0.4, -0.2) is 31.4 Å². The van der Waals surface area contributed by atoms with Crippen LogP contribution < -0.4 is 5.32 Å². The van der Waals surface area contributed by atoms with Crippen molar-refractivity contribution in [2.45, 2.75) is 25.8 Å². The van der Waals surface area contributed by atoms with E-state index in [0.29, 0.717) is 18.5 Å². The maximum absolute atomic E-state index is 12.8. The fraction of sp³-hybridized carbons (Fsp3) is 0.429. The second kappa shape index (κ2) is 7.63. The fourth-order valence-electron chi connectivity index (χ4n) is 1.75. The number of rotatable bonds is 7. The van der Waals surface area contributed by atoms with Gasteiger partial charge in [-0.15, -0.1) is 0 Å². The molecule has 0 spiro atoms. The molecule has 0 aromatic heterocycles. The molecule has 1 N–H and O–H groups in total. The molecule has 0 aliphatic heterocycles. The van der Waals surface area contributed by atoms with E-state index < -0.39 is 6.04 Å². The Hall–Kier alpha value is -1.75. The summed E-state index contributed by atoms with van der Waals surface area (Å²) in [6.45, 7) is 2.49. The lowest BCUT2D eigenvalue weighted by molar-refractivity contribution is -0.140. The molecule has 0 saturated heterocycles. The molecular weight excluding hydrogens is 249 g/mol. The van der Waals surface area contributed by atoms with Gasteiger partial charge in [0.05, 0.1) is 13.2 Å². The average molecular weight is 267 g/mol. The zero-order valence-electron chi connectivity index (χ0n) is 11.1.